The summed E-state index contributed by atoms with van der Waals surface area (Å²) in [5.74, 6) is -0.0874. The molecule has 4 heteroatoms. The van der Waals surface area contributed by atoms with Gasteiger partial charge in [-0.25, -0.2) is 0 Å². The molecule has 0 aromatic heterocycles. The number of hydrogen-bond acceptors (Lipinski definition) is 3. The Hall–Kier alpha value is -1.39. The minimum atomic E-state index is -0.534. The summed E-state index contributed by atoms with van der Waals surface area (Å²) in [7, 11) is 1.55. The second-order valence-electron chi connectivity index (χ2n) is 4.46. The number of benzene rings is 1. The zero-order valence-electron chi connectivity index (χ0n) is 9.93. The molecule has 1 amide bonds. The average Bonchev–Trinajstić information content (AvgIpc) is 2.29. The van der Waals surface area contributed by atoms with Crippen LogP contribution in [-0.2, 0) is 9.53 Å². The van der Waals surface area contributed by atoms with Gasteiger partial charge in [0.2, 0.25) is 0 Å². The number of nitrogens with two attached hydrogens (primary N) is 1. The van der Waals surface area contributed by atoms with E-state index in [-0.39, 0.29) is 18.0 Å². The Morgan fingerprint density at radius 3 is 2.59 bits per heavy atom. The molecule has 4 nitrogen and oxygen atoms in total. The molecule has 1 saturated carbocycles. The number of nitrogens with one attached hydrogen (secondary N) is 1. The van der Waals surface area contributed by atoms with Gasteiger partial charge >= 0.3 is 0 Å². The van der Waals surface area contributed by atoms with Gasteiger partial charge in [-0.05, 0) is 18.4 Å². The summed E-state index contributed by atoms with van der Waals surface area (Å²) < 4.78 is 5.25. The maximum Gasteiger partial charge on any atom is 0.253 e. The van der Waals surface area contributed by atoms with E-state index in [1.54, 1.807) is 7.11 Å². The Balaban J connectivity index is 1.96. The third kappa shape index (κ3) is 2.84. The standard InChI is InChI=1S/C13H18N2O2/c1-17-12(9-5-3-2-4-6-9)13(16)15-11-7-10(14)8-11/h2-6,10-12H,7-8,14H2,1H3,(H,15,16). The van der Waals surface area contributed by atoms with Gasteiger partial charge in [-0.15, -0.1) is 0 Å². The molecule has 1 aliphatic carbocycles. The van der Waals surface area contributed by atoms with Gasteiger partial charge in [-0.1, -0.05) is 30.3 Å². The van der Waals surface area contributed by atoms with Gasteiger partial charge in [0.25, 0.3) is 5.91 Å². The highest BCUT2D eigenvalue weighted by Crippen LogP contribution is 2.21. The fourth-order valence-electron chi connectivity index (χ4n) is 2.08. The fourth-order valence-corrected chi connectivity index (χ4v) is 2.08. The maximum absolute atomic E-state index is 12.0. The first-order valence-electron chi connectivity index (χ1n) is 5.84. The normalized spacial score (nSPS) is 24.8. The molecule has 2 rings (SSSR count). The minimum Gasteiger partial charge on any atom is -0.367 e. The van der Waals surface area contributed by atoms with Crippen molar-refractivity contribution in [2.24, 2.45) is 5.73 Å². The van der Waals surface area contributed by atoms with Crippen molar-refractivity contribution in [2.45, 2.75) is 31.0 Å². The summed E-state index contributed by atoms with van der Waals surface area (Å²) in [5.41, 5.74) is 6.55. The molecule has 1 fully saturated rings. The molecule has 0 bridgehead atoms. The molecule has 0 heterocycles. The molecule has 0 saturated heterocycles. The molecule has 1 atom stereocenters. The minimum absolute atomic E-state index is 0.0874. The van der Waals surface area contributed by atoms with E-state index in [1.165, 1.54) is 0 Å². The van der Waals surface area contributed by atoms with Gasteiger partial charge in [0.1, 0.15) is 0 Å². The largest absolute Gasteiger partial charge is 0.367 e. The third-order valence-corrected chi connectivity index (χ3v) is 3.10. The van der Waals surface area contributed by atoms with Crippen molar-refractivity contribution < 1.29 is 9.53 Å². The zero-order valence-corrected chi connectivity index (χ0v) is 9.93. The van der Waals surface area contributed by atoms with E-state index in [4.69, 9.17) is 10.5 Å². The number of ether oxygens (including phenoxy) is 1. The van der Waals surface area contributed by atoms with Crippen LogP contribution in [0.2, 0.25) is 0 Å². The summed E-state index contributed by atoms with van der Waals surface area (Å²) in [6, 6.07) is 9.93. The van der Waals surface area contributed by atoms with Gasteiger partial charge in [0.05, 0.1) is 0 Å². The first-order chi connectivity index (χ1) is 8.20. The third-order valence-electron chi connectivity index (χ3n) is 3.10. The lowest BCUT2D eigenvalue weighted by molar-refractivity contribution is -0.132. The molecular formula is C13H18N2O2. The van der Waals surface area contributed by atoms with Gasteiger partial charge in [-0.3, -0.25) is 4.79 Å². The predicted octanol–water partition coefficient (Wildman–Crippen LogP) is 0.980. The van der Waals surface area contributed by atoms with Crippen molar-refractivity contribution in [3.63, 3.8) is 0 Å². The van der Waals surface area contributed by atoms with E-state index in [0.29, 0.717) is 0 Å². The van der Waals surface area contributed by atoms with Gasteiger partial charge in [0, 0.05) is 19.2 Å². The lowest BCUT2D eigenvalue weighted by Gasteiger charge is -2.33. The molecule has 1 aromatic carbocycles. The van der Waals surface area contributed by atoms with Crippen LogP contribution < -0.4 is 11.1 Å². The van der Waals surface area contributed by atoms with Crippen LogP contribution in [0, 0.1) is 0 Å². The van der Waals surface area contributed by atoms with Crippen molar-refractivity contribution in [3.8, 4) is 0 Å². The summed E-state index contributed by atoms with van der Waals surface area (Å²) >= 11 is 0. The zero-order chi connectivity index (χ0) is 12.3. The number of amides is 1. The Kier molecular flexibility index (Phi) is 3.76. The quantitative estimate of drug-likeness (QED) is 0.816. The number of methoxy groups -OCH3 is 1. The van der Waals surface area contributed by atoms with E-state index in [2.05, 4.69) is 5.32 Å². The van der Waals surface area contributed by atoms with Crippen LogP contribution in [0.4, 0.5) is 0 Å². The van der Waals surface area contributed by atoms with Crippen LogP contribution >= 0.6 is 0 Å². The van der Waals surface area contributed by atoms with Crippen LogP contribution in [0.25, 0.3) is 0 Å². The van der Waals surface area contributed by atoms with E-state index in [9.17, 15) is 4.79 Å². The van der Waals surface area contributed by atoms with Crippen molar-refractivity contribution in [3.05, 3.63) is 35.9 Å². The summed E-state index contributed by atoms with van der Waals surface area (Å²) in [6.45, 7) is 0. The Labute approximate surface area is 101 Å². The van der Waals surface area contributed by atoms with E-state index in [1.807, 2.05) is 30.3 Å². The van der Waals surface area contributed by atoms with Crippen molar-refractivity contribution in [1.29, 1.82) is 0 Å². The first-order valence-corrected chi connectivity index (χ1v) is 5.84. The number of carbonyl (C=O) groups excluding carboxylic acids is 1. The maximum atomic E-state index is 12.0. The molecule has 0 radical (unpaired) electrons. The summed E-state index contributed by atoms with van der Waals surface area (Å²) in [4.78, 5) is 12.0. The topological polar surface area (TPSA) is 64.3 Å². The smallest absolute Gasteiger partial charge is 0.253 e. The predicted molar refractivity (Wildman–Crippen MR) is 65.3 cm³/mol. The second-order valence-corrected chi connectivity index (χ2v) is 4.46. The Morgan fingerprint density at radius 1 is 1.41 bits per heavy atom. The molecule has 17 heavy (non-hydrogen) atoms. The van der Waals surface area contributed by atoms with Crippen LogP contribution in [0.5, 0.6) is 0 Å². The van der Waals surface area contributed by atoms with Gasteiger partial charge in [0.15, 0.2) is 6.10 Å². The number of rotatable bonds is 4. The van der Waals surface area contributed by atoms with Crippen LogP contribution in [0.3, 0.4) is 0 Å². The van der Waals surface area contributed by atoms with Crippen molar-refractivity contribution in [1.82, 2.24) is 5.32 Å². The fraction of sp³-hybridized carbons (Fsp3) is 0.462. The van der Waals surface area contributed by atoms with Crippen LogP contribution in [0.1, 0.15) is 24.5 Å². The van der Waals surface area contributed by atoms with E-state index < -0.39 is 6.10 Å². The molecule has 3 N–H and O–H groups in total. The van der Waals surface area contributed by atoms with Crippen LogP contribution in [0.15, 0.2) is 30.3 Å². The highest BCUT2D eigenvalue weighted by Gasteiger charge is 2.30. The SMILES string of the molecule is COC(C(=O)NC1CC(N)C1)c1ccccc1. The molecular weight excluding hydrogens is 216 g/mol. The summed E-state index contributed by atoms with van der Waals surface area (Å²) in [6.07, 6.45) is 1.18. The highest BCUT2D eigenvalue weighted by molar-refractivity contribution is 5.82. The molecule has 0 aliphatic heterocycles. The van der Waals surface area contributed by atoms with Crippen molar-refractivity contribution >= 4 is 5.91 Å². The molecule has 1 aliphatic rings. The Bertz CT molecular complexity index is 374. The second kappa shape index (κ2) is 5.29. The first kappa shape index (κ1) is 12.1. The number of carbonyl (C=O) groups is 1. The monoisotopic (exact) mass is 234 g/mol. The lowest BCUT2D eigenvalue weighted by atomic mass is 9.87. The molecule has 1 aromatic rings. The van der Waals surface area contributed by atoms with E-state index >= 15 is 0 Å². The summed E-state index contributed by atoms with van der Waals surface area (Å²) in [5, 5.41) is 2.95. The Morgan fingerprint density at radius 2 is 2.06 bits per heavy atom. The van der Waals surface area contributed by atoms with Gasteiger partial charge < -0.3 is 15.8 Å². The number of hydrogen-bond donors (Lipinski definition) is 2. The highest BCUT2D eigenvalue weighted by atomic mass is 16.5. The molecule has 0 spiro atoms. The lowest BCUT2D eigenvalue weighted by Crippen LogP contribution is -2.51. The van der Waals surface area contributed by atoms with E-state index in [0.717, 1.165) is 18.4 Å². The van der Waals surface area contributed by atoms with Crippen molar-refractivity contribution in [2.75, 3.05) is 7.11 Å². The van der Waals surface area contributed by atoms with Crippen LogP contribution in [-0.4, -0.2) is 25.1 Å². The molecule has 92 valence electrons. The average molecular weight is 234 g/mol. The molecule has 1 unspecified atom stereocenters. The van der Waals surface area contributed by atoms with Gasteiger partial charge in [-0.2, -0.15) is 0 Å².